The lowest BCUT2D eigenvalue weighted by Gasteiger charge is -2.08. The molecule has 0 aliphatic heterocycles. The van der Waals surface area contributed by atoms with E-state index in [9.17, 15) is 4.79 Å². The van der Waals surface area contributed by atoms with Crippen molar-refractivity contribution in [2.75, 3.05) is 20.3 Å². The van der Waals surface area contributed by atoms with Crippen molar-refractivity contribution in [1.82, 2.24) is 10.2 Å². The standard InChI is InChI=1S/C20H18N2O4/c1-24-17-8-4-16(5-9-17)19-10-11-20(22-21-19)26-13-12-25-18-6-2-15(14-23)3-7-18/h2-11,14H,12-13H2,1H3. The minimum atomic E-state index is 0.339. The fourth-order valence-electron chi connectivity index (χ4n) is 2.26. The van der Waals surface area contributed by atoms with Gasteiger partial charge in [-0.05, 0) is 54.6 Å². The molecule has 3 aromatic rings. The number of rotatable bonds is 8. The number of methoxy groups -OCH3 is 1. The Morgan fingerprint density at radius 2 is 1.50 bits per heavy atom. The summed E-state index contributed by atoms with van der Waals surface area (Å²) in [4.78, 5) is 10.6. The van der Waals surface area contributed by atoms with E-state index in [-0.39, 0.29) is 0 Å². The number of ether oxygens (including phenoxy) is 3. The summed E-state index contributed by atoms with van der Waals surface area (Å²) in [5.74, 6) is 1.91. The molecule has 0 unspecified atom stereocenters. The molecule has 0 spiro atoms. The second-order valence-corrected chi connectivity index (χ2v) is 5.37. The molecule has 3 rings (SSSR count). The van der Waals surface area contributed by atoms with Crippen molar-refractivity contribution in [1.29, 1.82) is 0 Å². The highest BCUT2D eigenvalue weighted by Crippen LogP contribution is 2.21. The zero-order valence-corrected chi connectivity index (χ0v) is 14.3. The third kappa shape index (κ3) is 4.57. The van der Waals surface area contributed by atoms with Crippen LogP contribution in [0.2, 0.25) is 0 Å². The molecule has 2 aromatic carbocycles. The molecule has 0 saturated heterocycles. The zero-order valence-electron chi connectivity index (χ0n) is 14.3. The van der Waals surface area contributed by atoms with Crippen molar-refractivity contribution in [2.45, 2.75) is 0 Å². The Morgan fingerprint density at radius 1 is 0.808 bits per heavy atom. The molecule has 0 atom stereocenters. The number of aldehydes is 1. The number of nitrogens with zero attached hydrogens (tertiary/aromatic N) is 2. The molecule has 0 radical (unpaired) electrons. The lowest BCUT2D eigenvalue weighted by atomic mass is 10.1. The van der Waals surface area contributed by atoms with Crippen LogP contribution in [0.5, 0.6) is 17.4 Å². The smallest absolute Gasteiger partial charge is 0.233 e. The summed E-state index contributed by atoms with van der Waals surface area (Å²) in [5.41, 5.74) is 2.32. The van der Waals surface area contributed by atoms with Crippen LogP contribution in [-0.2, 0) is 0 Å². The van der Waals surface area contributed by atoms with E-state index < -0.39 is 0 Å². The molecular weight excluding hydrogens is 332 g/mol. The van der Waals surface area contributed by atoms with Crippen molar-refractivity contribution >= 4 is 6.29 Å². The third-order valence-corrected chi connectivity index (χ3v) is 3.64. The van der Waals surface area contributed by atoms with E-state index in [1.165, 1.54) is 0 Å². The molecule has 132 valence electrons. The normalized spacial score (nSPS) is 10.2. The van der Waals surface area contributed by atoms with E-state index in [1.54, 1.807) is 37.4 Å². The predicted molar refractivity (Wildman–Crippen MR) is 96.8 cm³/mol. The maximum atomic E-state index is 10.6. The predicted octanol–water partition coefficient (Wildman–Crippen LogP) is 3.42. The highest BCUT2D eigenvalue weighted by molar-refractivity contribution is 5.74. The van der Waals surface area contributed by atoms with E-state index in [2.05, 4.69) is 10.2 Å². The van der Waals surface area contributed by atoms with Gasteiger partial charge in [-0.15, -0.1) is 10.2 Å². The van der Waals surface area contributed by atoms with Gasteiger partial charge in [-0.25, -0.2) is 0 Å². The van der Waals surface area contributed by atoms with E-state index in [0.29, 0.717) is 30.4 Å². The van der Waals surface area contributed by atoms with Crippen molar-refractivity contribution in [3.05, 3.63) is 66.2 Å². The lowest BCUT2D eigenvalue weighted by molar-refractivity contribution is 0.112. The Hall–Kier alpha value is -3.41. The van der Waals surface area contributed by atoms with Gasteiger partial charge in [-0.1, -0.05) is 0 Å². The SMILES string of the molecule is COc1ccc(-c2ccc(OCCOc3ccc(C=O)cc3)nn2)cc1. The van der Waals surface area contributed by atoms with Crippen LogP contribution in [0, 0.1) is 0 Å². The zero-order chi connectivity index (χ0) is 18.2. The van der Waals surface area contributed by atoms with Gasteiger partial charge in [-0.2, -0.15) is 0 Å². The summed E-state index contributed by atoms with van der Waals surface area (Å²) in [5, 5.41) is 8.24. The lowest BCUT2D eigenvalue weighted by Crippen LogP contribution is -2.10. The largest absolute Gasteiger partial charge is 0.497 e. The first-order chi connectivity index (χ1) is 12.8. The van der Waals surface area contributed by atoms with Gasteiger partial charge in [0.25, 0.3) is 0 Å². The first-order valence-corrected chi connectivity index (χ1v) is 8.07. The molecule has 1 aromatic heterocycles. The summed E-state index contributed by atoms with van der Waals surface area (Å²) >= 11 is 0. The topological polar surface area (TPSA) is 70.5 Å². The van der Waals surface area contributed by atoms with Crippen LogP contribution in [0.15, 0.2) is 60.7 Å². The highest BCUT2D eigenvalue weighted by atomic mass is 16.5. The van der Waals surface area contributed by atoms with E-state index in [1.807, 2.05) is 30.3 Å². The average Bonchev–Trinajstić information content (AvgIpc) is 2.72. The molecular formula is C20H18N2O4. The number of carbonyl (C=O) groups excluding carboxylic acids is 1. The molecule has 0 fully saturated rings. The Labute approximate surface area is 151 Å². The molecule has 0 N–H and O–H groups in total. The van der Waals surface area contributed by atoms with Gasteiger partial charge in [0, 0.05) is 17.2 Å². The van der Waals surface area contributed by atoms with Crippen LogP contribution in [-0.4, -0.2) is 36.8 Å². The minimum absolute atomic E-state index is 0.339. The van der Waals surface area contributed by atoms with Crippen molar-refractivity contribution in [3.63, 3.8) is 0 Å². The quantitative estimate of drug-likeness (QED) is 0.458. The molecule has 6 heteroatoms. The van der Waals surface area contributed by atoms with Crippen LogP contribution in [0.4, 0.5) is 0 Å². The maximum absolute atomic E-state index is 10.6. The summed E-state index contributed by atoms with van der Waals surface area (Å²) in [7, 11) is 1.63. The molecule has 0 aliphatic rings. The first-order valence-electron chi connectivity index (χ1n) is 8.07. The number of hydrogen-bond donors (Lipinski definition) is 0. The number of aromatic nitrogens is 2. The molecule has 0 amide bonds. The Balaban J connectivity index is 1.48. The molecule has 1 heterocycles. The molecule has 6 nitrogen and oxygen atoms in total. The van der Waals surface area contributed by atoms with E-state index >= 15 is 0 Å². The second-order valence-electron chi connectivity index (χ2n) is 5.37. The summed E-state index contributed by atoms with van der Waals surface area (Å²) in [6, 6.07) is 18.1. The average molecular weight is 350 g/mol. The minimum Gasteiger partial charge on any atom is -0.497 e. The van der Waals surface area contributed by atoms with Crippen LogP contribution in [0.3, 0.4) is 0 Å². The Bertz CT molecular complexity index is 831. The monoisotopic (exact) mass is 350 g/mol. The molecule has 0 aliphatic carbocycles. The fraction of sp³-hybridized carbons (Fsp3) is 0.150. The van der Waals surface area contributed by atoms with Crippen molar-refractivity contribution in [3.8, 4) is 28.6 Å². The number of hydrogen-bond acceptors (Lipinski definition) is 6. The summed E-state index contributed by atoms with van der Waals surface area (Å²) < 4.78 is 16.2. The van der Waals surface area contributed by atoms with Gasteiger partial charge in [0.1, 0.15) is 31.0 Å². The van der Waals surface area contributed by atoms with Crippen LogP contribution < -0.4 is 14.2 Å². The van der Waals surface area contributed by atoms with Crippen LogP contribution in [0.25, 0.3) is 11.3 Å². The maximum Gasteiger partial charge on any atom is 0.233 e. The Morgan fingerprint density at radius 3 is 2.12 bits per heavy atom. The summed E-state index contributed by atoms with van der Waals surface area (Å²) in [6.45, 7) is 0.703. The van der Waals surface area contributed by atoms with Gasteiger partial charge in [0.05, 0.1) is 12.8 Å². The van der Waals surface area contributed by atoms with Gasteiger partial charge in [0.15, 0.2) is 0 Å². The summed E-state index contributed by atoms with van der Waals surface area (Å²) in [6.07, 6.45) is 0.793. The number of benzene rings is 2. The highest BCUT2D eigenvalue weighted by Gasteiger charge is 2.03. The fourth-order valence-corrected chi connectivity index (χ4v) is 2.26. The Kier molecular flexibility index (Phi) is 5.77. The molecule has 26 heavy (non-hydrogen) atoms. The van der Waals surface area contributed by atoms with Crippen LogP contribution >= 0.6 is 0 Å². The van der Waals surface area contributed by atoms with Crippen LogP contribution in [0.1, 0.15) is 10.4 Å². The van der Waals surface area contributed by atoms with Gasteiger partial charge in [-0.3, -0.25) is 4.79 Å². The number of carbonyl (C=O) groups is 1. The first kappa shape index (κ1) is 17.4. The third-order valence-electron chi connectivity index (χ3n) is 3.64. The van der Waals surface area contributed by atoms with Gasteiger partial charge < -0.3 is 14.2 Å². The van der Waals surface area contributed by atoms with E-state index in [0.717, 1.165) is 23.3 Å². The molecule has 0 saturated carbocycles. The van der Waals surface area contributed by atoms with Crippen molar-refractivity contribution < 1.29 is 19.0 Å². The molecule has 0 bridgehead atoms. The van der Waals surface area contributed by atoms with Gasteiger partial charge >= 0.3 is 0 Å². The van der Waals surface area contributed by atoms with E-state index in [4.69, 9.17) is 14.2 Å². The second kappa shape index (κ2) is 8.62. The van der Waals surface area contributed by atoms with Gasteiger partial charge in [0.2, 0.25) is 5.88 Å². The van der Waals surface area contributed by atoms with Crippen molar-refractivity contribution in [2.24, 2.45) is 0 Å².